The molecule has 1 amide bonds. The maximum Gasteiger partial charge on any atom is 0.224 e. The van der Waals surface area contributed by atoms with Gasteiger partial charge in [0.05, 0.1) is 11.2 Å². The van der Waals surface area contributed by atoms with Gasteiger partial charge in [-0.15, -0.1) is 24.8 Å². The fourth-order valence-electron chi connectivity index (χ4n) is 3.50. The Morgan fingerprint density at radius 3 is 2.58 bits per heavy atom. The molecule has 1 aromatic heterocycles. The maximum atomic E-state index is 12.5. The third kappa shape index (κ3) is 4.59. The molecule has 1 aliphatic rings. The van der Waals surface area contributed by atoms with E-state index in [0.29, 0.717) is 13.0 Å². The molecular formula is C18H25Cl2N3O. The number of anilines is 1. The maximum absolute atomic E-state index is 12.5. The van der Waals surface area contributed by atoms with Crippen LogP contribution in [0.5, 0.6) is 0 Å². The highest BCUT2D eigenvalue weighted by Gasteiger charge is 2.33. The quantitative estimate of drug-likeness (QED) is 0.842. The van der Waals surface area contributed by atoms with Crippen LogP contribution >= 0.6 is 24.8 Å². The summed E-state index contributed by atoms with van der Waals surface area (Å²) in [6.45, 7) is 0.595. The SMILES string of the molecule is Cl.Cl.NCC1(CC(=O)Nc2cccc3ncccc23)CCCCC1. The summed E-state index contributed by atoms with van der Waals surface area (Å²) in [7, 11) is 0. The number of carbonyl (C=O) groups excluding carboxylic acids is 1. The van der Waals surface area contributed by atoms with Gasteiger partial charge in [0.2, 0.25) is 5.91 Å². The van der Waals surface area contributed by atoms with Crippen LogP contribution in [-0.2, 0) is 4.79 Å². The van der Waals surface area contributed by atoms with Crippen molar-refractivity contribution in [2.24, 2.45) is 11.1 Å². The monoisotopic (exact) mass is 369 g/mol. The van der Waals surface area contributed by atoms with Crippen molar-refractivity contribution in [3.05, 3.63) is 36.5 Å². The van der Waals surface area contributed by atoms with E-state index in [1.807, 2.05) is 30.3 Å². The van der Waals surface area contributed by atoms with E-state index >= 15 is 0 Å². The van der Waals surface area contributed by atoms with Gasteiger partial charge in [-0.2, -0.15) is 0 Å². The van der Waals surface area contributed by atoms with Crippen LogP contribution in [0.3, 0.4) is 0 Å². The Hall–Kier alpha value is -1.36. The Labute approximate surface area is 155 Å². The normalized spacial score (nSPS) is 15.9. The van der Waals surface area contributed by atoms with Crippen molar-refractivity contribution in [2.45, 2.75) is 38.5 Å². The average Bonchev–Trinajstić information content (AvgIpc) is 2.56. The highest BCUT2D eigenvalue weighted by molar-refractivity contribution is 6.01. The zero-order valence-corrected chi connectivity index (χ0v) is 15.3. The molecule has 2 aromatic rings. The van der Waals surface area contributed by atoms with E-state index in [1.165, 1.54) is 19.3 Å². The van der Waals surface area contributed by atoms with E-state index < -0.39 is 0 Å². The lowest BCUT2D eigenvalue weighted by atomic mass is 9.71. The Kier molecular flexibility index (Phi) is 7.94. The second kappa shape index (κ2) is 9.21. The number of pyridine rings is 1. The van der Waals surface area contributed by atoms with Crippen molar-refractivity contribution in [3.8, 4) is 0 Å². The topological polar surface area (TPSA) is 68.0 Å². The van der Waals surface area contributed by atoms with E-state index in [1.54, 1.807) is 6.20 Å². The highest BCUT2D eigenvalue weighted by Crippen LogP contribution is 2.38. The van der Waals surface area contributed by atoms with Crippen LogP contribution in [-0.4, -0.2) is 17.4 Å². The van der Waals surface area contributed by atoms with Gasteiger partial charge in [0, 0.05) is 18.0 Å². The van der Waals surface area contributed by atoms with Crippen molar-refractivity contribution in [1.82, 2.24) is 4.98 Å². The van der Waals surface area contributed by atoms with Gasteiger partial charge in [-0.25, -0.2) is 0 Å². The average molecular weight is 370 g/mol. The summed E-state index contributed by atoms with van der Waals surface area (Å²) in [6.07, 6.45) is 8.03. The molecule has 0 radical (unpaired) electrons. The number of nitrogens with two attached hydrogens (primary N) is 1. The van der Waals surface area contributed by atoms with Crippen LogP contribution in [0.25, 0.3) is 10.9 Å². The van der Waals surface area contributed by atoms with Gasteiger partial charge in [0.1, 0.15) is 0 Å². The van der Waals surface area contributed by atoms with Gasteiger partial charge in [0.25, 0.3) is 0 Å². The van der Waals surface area contributed by atoms with Crippen LogP contribution in [0.1, 0.15) is 38.5 Å². The summed E-state index contributed by atoms with van der Waals surface area (Å²) in [4.78, 5) is 16.8. The number of nitrogens with zero attached hydrogens (tertiary/aromatic N) is 1. The van der Waals surface area contributed by atoms with E-state index in [9.17, 15) is 4.79 Å². The number of amides is 1. The van der Waals surface area contributed by atoms with Crippen LogP contribution in [0.15, 0.2) is 36.5 Å². The van der Waals surface area contributed by atoms with E-state index in [2.05, 4.69) is 10.3 Å². The lowest BCUT2D eigenvalue weighted by molar-refractivity contribution is -0.118. The first-order valence-electron chi connectivity index (χ1n) is 8.06. The number of hydrogen-bond donors (Lipinski definition) is 2. The second-order valence-electron chi connectivity index (χ2n) is 6.37. The molecule has 1 aliphatic carbocycles. The molecule has 4 nitrogen and oxygen atoms in total. The summed E-state index contributed by atoms with van der Waals surface area (Å²) < 4.78 is 0. The Bertz CT molecular complexity index is 667. The number of nitrogens with one attached hydrogen (secondary N) is 1. The van der Waals surface area contributed by atoms with Crippen LogP contribution in [0.2, 0.25) is 0 Å². The van der Waals surface area contributed by atoms with E-state index in [-0.39, 0.29) is 36.1 Å². The molecule has 3 N–H and O–H groups in total. The van der Waals surface area contributed by atoms with Crippen molar-refractivity contribution in [2.75, 3.05) is 11.9 Å². The molecule has 1 aromatic carbocycles. The Morgan fingerprint density at radius 1 is 1.12 bits per heavy atom. The lowest BCUT2D eigenvalue weighted by Crippen LogP contribution is -2.36. The van der Waals surface area contributed by atoms with Crippen molar-refractivity contribution >= 4 is 47.3 Å². The molecular weight excluding hydrogens is 345 g/mol. The summed E-state index contributed by atoms with van der Waals surface area (Å²) in [5.74, 6) is 0.0590. The number of fused-ring (bicyclic) bond motifs is 1. The molecule has 132 valence electrons. The smallest absolute Gasteiger partial charge is 0.224 e. The van der Waals surface area contributed by atoms with E-state index in [0.717, 1.165) is 29.4 Å². The molecule has 24 heavy (non-hydrogen) atoms. The molecule has 6 heteroatoms. The molecule has 1 saturated carbocycles. The first-order valence-corrected chi connectivity index (χ1v) is 8.06. The number of hydrogen-bond acceptors (Lipinski definition) is 3. The van der Waals surface area contributed by atoms with Gasteiger partial charge >= 0.3 is 0 Å². The fourth-order valence-corrected chi connectivity index (χ4v) is 3.50. The van der Waals surface area contributed by atoms with Crippen molar-refractivity contribution in [3.63, 3.8) is 0 Å². The Balaban J connectivity index is 0.00000144. The first kappa shape index (κ1) is 20.7. The number of rotatable bonds is 4. The number of carbonyl (C=O) groups is 1. The summed E-state index contributed by atoms with van der Waals surface area (Å²) >= 11 is 0. The third-order valence-electron chi connectivity index (χ3n) is 4.80. The predicted molar refractivity (Wildman–Crippen MR) is 104 cm³/mol. The molecule has 0 saturated heterocycles. The molecule has 0 spiro atoms. The first-order chi connectivity index (χ1) is 10.7. The molecule has 1 fully saturated rings. The zero-order valence-electron chi connectivity index (χ0n) is 13.7. The minimum absolute atomic E-state index is 0. The van der Waals surface area contributed by atoms with Crippen LogP contribution < -0.4 is 11.1 Å². The summed E-state index contributed by atoms with van der Waals surface area (Å²) in [6, 6.07) is 9.67. The minimum Gasteiger partial charge on any atom is -0.330 e. The number of benzene rings is 1. The molecule has 0 unspecified atom stereocenters. The molecule has 0 aliphatic heterocycles. The molecule has 0 atom stereocenters. The second-order valence-corrected chi connectivity index (χ2v) is 6.37. The van der Waals surface area contributed by atoms with Crippen molar-refractivity contribution < 1.29 is 4.79 Å². The van der Waals surface area contributed by atoms with Gasteiger partial charge in [-0.1, -0.05) is 25.3 Å². The van der Waals surface area contributed by atoms with Gasteiger partial charge in [-0.3, -0.25) is 9.78 Å². The third-order valence-corrected chi connectivity index (χ3v) is 4.80. The van der Waals surface area contributed by atoms with Gasteiger partial charge in [-0.05, 0) is 49.1 Å². The summed E-state index contributed by atoms with van der Waals surface area (Å²) in [5, 5.41) is 4.03. The summed E-state index contributed by atoms with van der Waals surface area (Å²) in [5.41, 5.74) is 7.70. The van der Waals surface area contributed by atoms with Crippen LogP contribution in [0, 0.1) is 5.41 Å². The predicted octanol–water partition coefficient (Wildman–Crippen LogP) is 4.32. The van der Waals surface area contributed by atoms with Crippen molar-refractivity contribution in [1.29, 1.82) is 0 Å². The van der Waals surface area contributed by atoms with E-state index in [4.69, 9.17) is 5.73 Å². The number of aromatic nitrogens is 1. The molecule has 3 rings (SSSR count). The largest absolute Gasteiger partial charge is 0.330 e. The standard InChI is InChI=1S/C18H23N3O.2ClH/c19-13-18(9-2-1-3-10-18)12-17(22)21-16-8-4-7-15-14(16)6-5-11-20-15;;/h4-8,11H,1-3,9-10,12-13,19H2,(H,21,22);2*1H. The minimum atomic E-state index is -0.00876. The van der Waals surface area contributed by atoms with Crippen LogP contribution in [0.4, 0.5) is 5.69 Å². The molecule has 0 bridgehead atoms. The lowest BCUT2D eigenvalue weighted by Gasteiger charge is -2.35. The van der Waals surface area contributed by atoms with Gasteiger partial charge in [0.15, 0.2) is 0 Å². The van der Waals surface area contributed by atoms with Gasteiger partial charge < -0.3 is 11.1 Å². The fraction of sp³-hybridized carbons (Fsp3) is 0.444. The highest BCUT2D eigenvalue weighted by atomic mass is 35.5. The molecule has 1 heterocycles. The zero-order chi connectivity index (χ0) is 15.4. The Morgan fingerprint density at radius 2 is 1.88 bits per heavy atom. The number of halogens is 2.